The average Bonchev–Trinajstić information content (AvgIpc) is 2.69. The van der Waals surface area contributed by atoms with Crippen molar-refractivity contribution in [3.63, 3.8) is 0 Å². The Bertz CT molecular complexity index is 261. The summed E-state index contributed by atoms with van der Waals surface area (Å²) >= 11 is 0. The zero-order valence-electron chi connectivity index (χ0n) is 5.91. The molecule has 0 aliphatic carbocycles. The van der Waals surface area contributed by atoms with Crippen molar-refractivity contribution >= 4 is 5.71 Å². The highest BCUT2D eigenvalue weighted by atomic mass is 15.0. The smallest absolute Gasteiger partial charge is 0.112 e. The van der Waals surface area contributed by atoms with E-state index in [0.717, 1.165) is 0 Å². The predicted octanol–water partition coefficient (Wildman–Crippen LogP) is 2.20. The molecule has 0 aromatic heterocycles. The van der Waals surface area contributed by atoms with Crippen LogP contribution in [0.25, 0.3) is 0 Å². The predicted molar refractivity (Wildman–Crippen MR) is 42.3 cm³/mol. The van der Waals surface area contributed by atoms with Gasteiger partial charge in [-0.1, -0.05) is 30.3 Å². The fourth-order valence-electron chi connectivity index (χ4n) is 1.12. The number of hydrogen-bond acceptors (Lipinski definition) is 1. The molecule has 1 heteroatoms. The van der Waals surface area contributed by atoms with Crippen LogP contribution in [0.2, 0.25) is 0 Å². The molecule has 50 valence electrons. The van der Waals surface area contributed by atoms with E-state index in [1.54, 1.807) is 0 Å². The average molecular weight is 131 g/mol. The molecule has 0 amide bonds. The quantitative estimate of drug-likeness (QED) is 0.554. The van der Waals surface area contributed by atoms with Crippen molar-refractivity contribution in [3.8, 4) is 0 Å². The summed E-state index contributed by atoms with van der Waals surface area (Å²) in [5.41, 5.74) is 2.58. The van der Waals surface area contributed by atoms with Gasteiger partial charge in [0.15, 0.2) is 0 Å². The molecule has 0 unspecified atom stereocenters. The fraction of sp³-hybridized carbons (Fsp3) is 0.222. The van der Waals surface area contributed by atoms with E-state index >= 15 is 0 Å². The first-order chi connectivity index (χ1) is 4.88. The van der Waals surface area contributed by atoms with Crippen molar-refractivity contribution in [1.29, 1.82) is 0 Å². The van der Waals surface area contributed by atoms with Crippen LogP contribution in [-0.2, 0) is 0 Å². The lowest BCUT2D eigenvalue weighted by Crippen LogP contribution is -1.83. The monoisotopic (exact) mass is 131 g/mol. The van der Waals surface area contributed by atoms with Gasteiger partial charge in [-0.05, 0) is 12.5 Å². The second-order valence-corrected chi connectivity index (χ2v) is 2.58. The lowest BCUT2D eigenvalue weighted by Gasteiger charge is -1.92. The molecular formula is C9H9N. The van der Waals surface area contributed by atoms with Crippen LogP contribution in [0.4, 0.5) is 0 Å². The highest BCUT2D eigenvalue weighted by molar-refractivity contribution is 5.99. The maximum atomic E-state index is 4.24. The van der Waals surface area contributed by atoms with Gasteiger partial charge in [0.2, 0.25) is 0 Å². The van der Waals surface area contributed by atoms with Crippen molar-refractivity contribution in [1.82, 2.24) is 0 Å². The summed E-state index contributed by atoms with van der Waals surface area (Å²) in [5, 5.41) is 0. The van der Waals surface area contributed by atoms with Gasteiger partial charge in [0, 0.05) is 5.71 Å². The summed E-state index contributed by atoms with van der Waals surface area (Å²) < 4.78 is 0. The molecule has 1 aromatic carbocycles. The molecule has 0 radical (unpaired) electrons. The van der Waals surface area contributed by atoms with E-state index < -0.39 is 0 Å². The molecule has 0 fully saturated rings. The molecule has 2 rings (SSSR count). The van der Waals surface area contributed by atoms with Gasteiger partial charge < -0.3 is 0 Å². The molecule has 1 heterocycles. The van der Waals surface area contributed by atoms with Crippen LogP contribution in [0.3, 0.4) is 0 Å². The molecule has 0 N–H and O–H groups in total. The molecule has 1 nitrogen and oxygen atoms in total. The minimum atomic E-state index is 0.418. The summed E-state index contributed by atoms with van der Waals surface area (Å²) in [5.74, 6) is 0. The van der Waals surface area contributed by atoms with Crippen LogP contribution < -0.4 is 0 Å². The Labute approximate surface area is 60.4 Å². The SMILES string of the molecule is CC1=N[C@@H]1c1ccccc1. The van der Waals surface area contributed by atoms with E-state index in [-0.39, 0.29) is 0 Å². The first kappa shape index (κ1) is 5.66. The topological polar surface area (TPSA) is 12.4 Å². The van der Waals surface area contributed by atoms with E-state index in [0.29, 0.717) is 6.04 Å². The molecule has 0 spiro atoms. The first-order valence-corrected chi connectivity index (χ1v) is 3.47. The highest BCUT2D eigenvalue weighted by Gasteiger charge is 2.23. The fourth-order valence-corrected chi connectivity index (χ4v) is 1.12. The standard InChI is InChI=1S/C9H9N/c1-7-9(10-7)8-5-3-2-4-6-8/h2-6,9H,1H3/t9-/m0/s1. The van der Waals surface area contributed by atoms with Crippen molar-refractivity contribution in [3.05, 3.63) is 35.9 Å². The van der Waals surface area contributed by atoms with Crippen LogP contribution in [0.5, 0.6) is 0 Å². The minimum absolute atomic E-state index is 0.418. The van der Waals surface area contributed by atoms with Gasteiger partial charge in [-0.2, -0.15) is 0 Å². The zero-order chi connectivity index (χ0) is 6.97. The number of benzene rings is 1. The summed E-state index contributed by atoms with van der Waals surface area (Å²) in [6.45, 7) is 2.07. The highest BCUT2D eigenvalue weighted by Crippen LogP contribution is 2.29. The van der Waals surface area contributed by atoms with Crippen LogP contribution >= 0.6 is 0 Å². The molecule has 0 saturated carbocycles. The summed E-state index contributed by atoms with van der Waals surface area (Å²) in [4.78, 5) is 4.24. The summed E-state index contributed by atoms with van der Waals surface area (Å²) in [6.07, 6.45) is 0. The van der Waals surface area contributed by atoms with Crippen molar-refractivity contribution in [2.24, 2.45) is 4.99 Å². The maximum Gasteiger partial charge on any atom is 0.112 e. The van der Waals surface area contributed by atoms with Gasteiger partial charge in [0.05, 0.1) is 0 Å². The van der Waals surface area contributed by atoms with Crippen LogP contribution in [0, 0.1) is 0 Å². The van der Waals surface area contributed by atoms with E-state index in [9.17, 15) is 0 Å². The third-order valence-electron chi connectivity index (χ3n) is 1.78. The molecule has 1 aliphatic heterocycles. The van der Waals surface area contributed by atoms with E-state index in [1.807, 2.05) is 6.07 Å². The third-order valence-corrected chi connectivity index (χ3v) is 1.78. The maximum absolute atomic E-state index is 4.24. The Balaban J connectivity index is 2.22. The zero-order valence-corrected chi connectivity index (χ0v) is 5.91. The molecular weight excluding hydrogens is 122 g/mol. The van der Waals surface area contributed by atoms with Crippen LogP contribution in [0.1, 0.15) is 18.5 Å². The van der Waals surface area contributed by atoms with E-state index in [1.165, 1.54) is 11.3 Å². The van der Waals surface area contributed by atoms with Gasteiger partial charge in [-0.15, -0.1) is 0 Å². The second kappa shape index (κ2) is 1.94. The lowest BCUT2D eigenvalue weighted by atomic mass is 10.1. The summed E-state index contributed by atoms with van der Waals surface area (Å²) in [7, 11) is 0. The minimum Gasteiger partial charge on any atom is -0.278 e. The van der Waals surface area contributed by atoms with Gasteiger partial charge in [0.25, 0.3) is 0 Å². The van der Waals surface area contributed by atoms with E-state index in [2.05, 4.69) is 36.2 Å². The van der Waals surface area contributed by atoms with Crippen molar-refractivity contribution in [2.45, 2.75) is 13.0 Å². The molecule has 0 bridgehead atoms. The first-order valence-electron chi connectivity index (χ1n) is 3.47. The molecule has 1 aromatic rings. The Kier molecular flexibility index (Phi) is 1.10. The summed E-state index contributed by atoms with van der Waals surface area (Å²) in [6, 6.07) is 10.8. The Morgan fingerprint density at radius 1 is 1.20 bits per heavy atom. The number of aliphatic imine (C=N–C) groups is 1. The molecule has 1 atom stereocenters. The molecule has 10 heavy (non-hydrogen) atoms. The molecule has 0 saturated heterocycles. The molecule has 1 aliphatic rings. The van der Waals surface area contributed by atoms with E-state index in [4.69, 9.17) is 0 Å². The van der Waals surface area contributed by atoms with Gasteiger partial charge in [-0.25, -0.2) is 0 Å². The third kappa shape index (κ3) is 0.838. The Morgan fingerprint density at radius 2 is 1.80 bits per heavy atom. The Morgan fingerprint density at radius 3 is 2.30 bits per heavy atom. The number of hydrogen-bond donors (Lipinski definition) is 0. The van der Waals surface area contributed by atoms with Gasteiger partial charge in [0.1, 0.15) is 6.04 Å². The lowest BCUT2D eigenvalue weighted by molar-refractivity contribution is 1.13. The second-order valence-electron chi connectivity index (χ2n) is 2.58. The van der Waals surface area contributed by atoms with Crippen molar-refractivity contribution < 1.29 is 0 Å². The largest absolute Gasteiger partial charge is 0.278 e. The van der Waals surface area contributed by atoms with Crippen LogP contribution in [-0.4, -0.2) is 5.71 Å². The van der Waals surface area contributed by atoms with Crippen LogP contribution in [0.15, 0.2) is 35.3 Å². The van der Waals surface area contributed by atoms with Gasteiger partial charge in [-0.3, -0.25) is 4.99 Å². The van der Waals surface area contributed by atoms with Crippen molar-refractivity contribution in [2.75, 3.05) is 0 Å². The number of rotatable bonds is 1. The van der Waals surface area contributed by atoms with Gasteiger partial charge >= 0.3 is 0 Å². The Hall–Kier alpha value is -1.11. The number of nitrogens with zero attached hydrogens (tertiary/aromatic N) is 1. The normalized spacial score (nSPS) is 22.1.